The van der Waals surface area contributed by atoms with Crippen molar-refractivity contribution in [3.05, 3.63) is 64.0 Å². The summed E-state index contributed by atoms with van der Waals surface area (Å²) in [5, 5.41) is 13.1. The number of halogens is 1. The molecule has 0 aliphatic carbocycles. The Hall–Kier alpha value is -2.41. The smallest absolute Gasteiger partial charge is 0.272 e. The van der Waals surface area contributed by atoms with Crippen LogP contribution in [0.5, 0.6) is 0 Å². The number of nitro benzene ring substituents is 1. The van der Waals surface area contributed by atoms with E-state index in [0.29, 0.717) is 5.69 Å². The Labute approximate surface area is 124 Å². The van der Waals surface area contributed by atoms with E-state index in [1.807, 2.05) is 18.4 Å². The SMILES string of the molecule is CSc1ccccc1NC(=O)c1ccc([N+](=O)[O-])cc1F. The average Bonchev–Trinajstić information content (AvgIpc) is 2.47. The molecule has 1 N–H and O–H groups in total. The fourth-order valence-corrected chi connectivity index (χ4v) is 2.29. The minimum Gasteiger partial charge on any atom is -0.321 e. The maximum absolute atomic E-state index is 13.8. The molecule has 0 fully saturated rings. The number of nitro groups is 1. The van der Waals surface area contributed by atoms with Crippen LogP contribution in [0.15, 0.2) is 47.4 Å². The zero-order valence-electron chi connectivity index (χ0n) is 11.0. The van der Waals surface area contributed by atoms with Crippen LogP contribution < -0.4 is 5.32 Å². The summed E-state index contributed by atoms with van der Waals surface area (Å²) >= 11 is 1.45. The first-order valence-electron chi connectivity index (χ1n) is 5.91. The van der Waals surface area contributed by atoms with E-state index < -0.39 is 22.3 Å². The number of benzene rings is 2. The van der Waals surface area contributed by atoms with Gasteiger partial charge in [-0.15, -0.1) is 11.8 Å². The molecule has 0 saturated heterocycles. The second kappa shape index (κ2) is 6.36. The molecule has 0 aliphatic rings. The van der Waals surface area contributed by atoms with Crippen molar-refractivity contribution in [3.63, 3.8) is 0 Å². The molecule has 7 heteroatoms. The minimum absolute atomic E-state index is 0.239. The average molecular weight is 306 g/mol. The van der Waals surface area contributed by atoms with E-state index in [4.69, 9.17) is 0 Å². The zero-order valence-corrected chi connectivity index (χ0v) is 11.8. The number of nitrogens with one attached hydrogen (secondary N) is 1. The molecule has 1 amide bonds. The van der Waals surface area contributed by atoms with Crippen molar-refractivity contribution in [1.29, 1.82) is 0 Å². The number of rotatable bonds is 4. The van der Waals surface area contributed by atoms with Crippen LogP contribution in [0, 0.1) is 15.9 Å². The maximum Gasteiger partial charge on any atom is 0.272 e. The number of carbonyl (C=O) groups is 1. The van der Waals surface area contributed by atoms with Crippen molar-refractivity contribution < 1.29 is 14.1 Å². The summed E-state index contributed by atoms with van der Waals surface area (Å²) in [7, 11) is 0. The first-order chi connectivity index (χ1) is 10.0. The van der Waals surface area contributed by atoms with Crippen LogP contribution in [0.25, 0.3) is 0 Å². The van der Waals surface area contributed by atoms with Gasteiger partial charge in [0.1, 0.15) is 5.82 Å². The van der Waals surface area contributed by atoms with Gasteiger partial charge >= 0.3 is 0 Å². The van der Waals surface area contributed by atoms with Crippen molar-refractivity contribution >= 4 is 29.0 Å². The van der Waals surface area contributed by atoms with Crippen LogP contribution in [-0.2, 0) is 0 Å². The first-order valence-corrected chi connectivity index (χ1v) is 7.13. The summed E-state index contributed by atoms with van der Waals surface area (Å²) in [6, 6.07) is 10.0. The van der Waals surface area contributed by atoms with Crippen LogP contribution in [0.2, 0.25) is 0 Å². The van der Waals surface area contributed by atoms with Gasteiger partial charge in [0.2, 0.25) is 0 Å². The number of anilines is 1. The Balaban J connectivity index is 2.26. The molecular formula is C14H11FN2O3S. The molecule has 2 aromatic carbocycles. The summed E-state index contributed by atoms with van der Waals surface area (Å²) in [4.78, 5) is 22.7. The molecule has 0 saturated carbocycles. The van der Waals surface area contributed by atoms with Gasteiger partial charge in [-0.3, -0.25) is 14.9 Å². The number of thioether (sulfide) groups is 1. The number of hydrogen-bond donors (Lipinski definition) is 1. The number of nitrogens with zero attached hydrogens (tertiary/aromatic N) is 1. The topological polar surface area (TPSA) is 72.2 Å². The Bertz CT molecular complexity index is 706. The predicted molar refractivity (Wildman–Crippen MR) is 79.2 cm³/mol. The lowest BCUT2D eigenvalue weighted by Crippen LogP contribution is -2.14. The molecule has 2 rings (SSSR count). The van der Waals surface area contributed by atoms with E-state index in [1.165, 1.54) is 11.8 Å². The number of non-ortho nitro benzene ring substituents is 1. The van der Waals surface area contributed by atoms with Gasteiger partial charge in [0.25, 0.3) is 11.6 Å². The molecule has 2 aromatic rings. The summed E-state index contributed by atoms with van der Waals surface area (Å²) < 4.78 is 13.8. The van der Waals surface area contributed by atoms with Gasteiger partial charge in [-0.1, -0.05) is 12.1 Å². The number of amides is 1. The third-order valence-electron chi connectivity index (χ3n) is 2.76. The van der Waals surface area contributed by atoms with Crippen LogP contribution in [0.3, 0.4) is 0 Å². The highest BCUT2D eigenvalue weighted by molar-refractivity contribution is 7.98. The van der Waals surface area contributed by atoms with E-state index in [1.54, 1.807) is 12.1 Å². The summed E-state index contributed by atoms with van der Waals surface area (Å²) in [5.74, 6) is -1.58. The van der Waals surface area contributed by atoms with E-state index in [0.717, 1.165) is 23.1 Å². The third-order valence-corrected chi connectivity index (χ3v) is 3.56. The molecule has 0 atom stereocenters. The maximum atomic E-state index is 13.8. The molecule has 0 radical (unpaired) electrons. The monoisotopic (exact) mass is 306 g/mol. The van der Waals surface area contributed by atoms with E-state index in [2.05, 4.69) is 5.32 Å². The summed E-state index contributed by atoms with van der Waals surface area (Å²) in [5.41, 5.74) is -0.0715. The molecular weight excluding hydrogens is 295 g/mol. The molecule has 0 aromatic heterocycles. The van der Waals surface area contributed by atoms with Crippen molar-refractivity contribution in [3.8, 4) is 0 Å². The van der Waals surface area contributed by atoms with E-state index >= 15 is 0 Å². The van der Waals surface area contributed by atoms with Gasteiger partial charge in [-0.2, -0.15) is 0 Å². The highest BCUT2D eigenvalue weighted by Gasteiger charge is 2.17. The zero-order chi connectivity index (χ0) is 15.4. The highest BCUT2D eigenvalue weighted by atomic mass is 32.2. The number of hydrogen-bond acceptors (Lipinski definition) is 4. The predicted octanol–water partition coefficient (Wildman–Crippen LogP) is 3.71. The fraction of sp³-hybridized carbons (Fsp3) is 0.0714. The largest absolute Gasteiger partial charge is 0.321 e. The fourth-order valence-electron chi connectivity index (χ4n) is 1.74. The quantitative estimate of drug-likeness (QED) is 0.531. The van der Waals surface area contributed by atoms with Crippen molar-refractivity contribution in [1.82, 2.24) is 0 Å². The lowest BCUT2D eigenvalue weighted by molar-refractivity contribution is -0.385. The Kier molecular flexibility index (Phi) is 4.54. The van der Waals surface area contributed by atoms with Gasteiger partial charge in [-0.25, -0.2) is 4.39 Å². The minimum atomic E-state index is -0.927. The van der Waals surface area contributed by atoms with Gasteiger partial charge in [-0.05, 0) is 24.5 Å². The highest BCUT2D eigenvalue weighted by Crippen LogP contribution is 2.25. The Morgan fingerprint density at radius 1 is 1.29 bits per heavy atom. The van der Waals surface area contributed by atoms with Crippen LogP contribution >= 0.6 is 11.8 Å². The van der Waals surface area contributed by atoms with Crippen LogP contribution in [0.1, 0.15) is 10.4 Å². The molecule has 0 spiro atoms. The normalized spacial score (nSPS) is 10.2. The molecule has 0 unspecified atom stereocenters. The second-order valence-corrected chi connectivity index (χ2v) is 4.92. The molecule has 108 valence electrons. The molecule has 0 heterocycles. The van der Waals surface area contributed by atoms with Gasteiger partial charge in [0.15, 0.2) is 0 Å². The lowest BCUT2D eigenvalue weighted by Gasteiger charge is -2.09. The third kappa shape index (κ3) is 3.38. The van der Waals surface area contributed by atoms with Crippen molar-refractivity contribution in [2.75, 3.05) is 11.6 Å². The molecule has 5 nitrogen and oxygen atoms in total. The van der Waals surface area contributed by atoms with E-state index in [-0.39, 0.29) is 5.56 Å². The van der Waals surface area contributed by atoms with E-state index in [9.17, 15) is 19.3 Å². The lowest BCUT2D eigenvalue weighted by atomic mass is 10.1. The van der Waals surface area contributed by atoms with Gasteiger partial charge in [0.05, 0.1) is 22.2 Å². The van der Waals surface area contributed by atoms with Crippen LogP contribution in [-0.4, -0.2) is 17.1 Å². The van der Waals surface area contributed by atoms with Crippen LogP contribution in [0.4, 0.5) is 15.8 Å². The van der Waals surface area contributed by atoms with Gasteiger partial charge in [0, 0.05) is 11.0 Å². The standard InChI is InChI=1S/C14H11FN2O3S/c1-21-13-5-3-2-4-12(13)16-14(18)10-7-6-9(17(19)20)8-11(10)15/h2-8H,1H3,(H,16,18). The first kappa shape index (κ1) is 15.0. The summed E-state index contributed by atoms with van der Waals surface area (Å²) in [6.45, 7) is 0. The Morgan fingerprint density at radius 3 is 2.62 bits per heavy atom. The Morgan fingerprint density at radius 2 is 2.00 bits per heavy atom. The summed E-state index contributed by atoms with van der Waals surface area (Å²) in [6.07, 6.45) is 1.86. The molecule has 0 aliphatic heterocycles. The number of para-hydroxylation sites is 1. The van der Waals surface area contributed by atoms with Crippen molar-refractivity contribution in [2.24, 2.45) is 0 Å². The molecule has 0 bridgehead atoms. The number of carbonyl (C=O) groups excluding carboxylic acids is 1. The molecule has 21 heavy (non-hydrogen) atoms. The van der Waals surface area contributed by atoms with Gasteiger partial charge < -0.3 is 5.32 Å². The second-order valence-electron chi connectivity index (χ2n) is 4.08. The van der Waals surface area contributed by atoms with Crippen molar-refractivity contribution in [2.45, 2.75) is 4.90 Å².